The fourth-order valence-corrected chi connectivity index (χ4v) is 4.40. The van der Waals surface area contributed by atoms with Crippen LogP contribution in [0.25, 0.3) is 11.1 Å². The van der Waals surface area contributed by atoms with Gasteiger partial charge in [-0.05, 0) is 48.7 Å². The zero-order chi connectivity index (χ0) is 24.8. The fourth-order valence-electron chi connectivity index (χ4n) is 3.63. The first-order chi connectivity index (χ1) is 16.9. The van der Waals surface area contributed by atoms with Crippen LogP contribution >= 0.6 is 11.3 Å². The van der Waals surface area contributed by atoms with Crippen LogP contribution in [0.5, 0.6) is 0 Å². The summed E-state index contributed by atoms with van der Waals surface area (Å²) in [7, 11) is 0. The van der Waals surface area contributed by atoms with E-state index in [-0.39, 0.29) is 18.9 Å². The summed E-state index contributed by atoms with van der Waals surface area (Å²) >= 11 is 1.35. The number of nitriles is 1. The smallest absolute Gasteiger partial charge is 0.339 e. The highest BCUT2D eigenvalue weighted by Gasteiger charge is 2.17. The van der Waals surface area contributed by atoms with Crippen LogP contribution in [0.15, 0.2) is 72.1 Å². The Morgan fingerprint density at radius 2 is 1.77 bits per heavy atom. The Bertz CT molecular complexity index is 1440. The molecule has 0 aliphatic carbocycles. The Labute approximate surface area is 207 Å². The van der Waals surface area contributed by atoms with Crippen LogP contribution in [0.4, 0.5) is 5.69 Å². The number of rotatable bonds is 7. The number of aryl methyl sites for hydroxylation is 2. The van der Waals surface area contributed by atoms with Gasteiger partial charge in [0.1, 0.15) is 11.6 Å². The molecule has 0 aliphatic rings. The Morgan fingerprint density at radius 3 is 2.57 bits per heavy atom. The van der Waals surface area contributed by atoms with Crippen LogP contribution in [-0.4, -0.2) is 16.9 Å². The SMILES string of the molecule is Cc1ccc(C)c(NC(=O)Cc2nc(COC(=O)c3ccccc3-c3ccccc3C#N)cs2)c1. The lowest BCUT2D eigenvalue weighted by atomic mass is 9.96. The molecule has 1 N–H and O–H groups in total. The van der Waals surface area contributed by atoms with E-state index >= 15 is 0 Å². The molecule has 0 unspecified atom stereocenters. The molecule has 0 bridgehead atoms. The molecule has 0 aliphatic heterocycles. The molecule has 1 aromatic heterocycles. The maximum Gasteiger partial charge on any atom is 0.339 e. The van der Waals surface area contributed by atoms with Gasteiger partial charge >= 0.3 is 5.97 Å². The third-order valence-electron chi connectivity index (χ3n) is 5.41. The summed E-state index contributed by atoms with van der Waals surface area (Å²) in [5, 5.41) is 14.8. The Kier molecular flexibility index (Phi) is 7.34. The first-order valence-corrected chi connectivity index (χ1v) is 11.9. The quantitative estimate of drug-likeness (QED) is 0.335. The second-order valence-electron chi connectivity index (χ2n) is 8.06. The normalized spacial score (nSPS) is 10.4. The summed E-state index contributed by atoms with van der Waals surface area (Å²) in [6.07, 6.45) is 0.139. The van der Waals surface area contributed by atoms with Crippen molar-refractivity contribution in [2.45, 2.75) is 26.9 Å². The van der Waals surface area contributed by atoms with Crippen LogP contribution in [0.3, 0.4) is 0 Å². The number of benzene rings is 3. The Balaban J connectivity index is 1.40. The van der Waals surface area contributed by atoms with Crippen molar-refractivity contribution >= 4 is 28.9 Å². The summed E-state index contributed by atoms with van der Waals surface area (Å²) in [5.74, 6) is -0.655. The van der Waals surface area contributed by atoms with Crippen LogP contribution in [0, 0.1) is 25.2 Å². The van der Waals surface area contributed by atoms with Crippen molar-refractivity contribution < 1.29 is 14.3 Å². The third kappa shape index (κ3) is 5.81. The molecule has 0 radical (unpaired) electrons. The maximum absolute atomic E-state index is 12.9. The maximum atomic E-state index is 12.9. The summed E-state index contributed by atoms with van der Waals surface area (Å²) in [5.41, 5.74) is 5.60. The van der Waals surface area contributed by atoms with Crippen molar-refractivity contribution in [1.29, 1.82) is 5.26 Å². The molecule has 35 heavy (non-hydrogen) atoms. The molecule has 0 saturated heterocycles. The molecule has 0 atom stereocenters. The highest BCUT2D eigenvalue weighted by atomic mass is 32.1. The van der Waals surface area contributed by atoms with Gasteiger partial charge < -0.3 is 10.1 Å². The predicted molar refractivity (Wildman–Crippen MR) is 136 cm³/mol. The lowest BCUT2D eigenvalue weighted by Gasteiger charge is -2.10. The van der Waals surface area contributed by atoms with Gasteiger partial charge in [0.05, 0.1) is 29.3 Å². The number of amides is 1. The van der Waals surface area contributed by atoms with Crippen LogP contribution in [0.1, 0.15) is 37.7 Å². The van der Waals surface area contributed by atoms with E-state index in [9.17, 15) is 14.9 Å². The topological polar surface area (TPSA) is 92.1 Å². The van der Waals surface area contributed by atoms with Crippen molar-refractivity contribution in [2.75, 3.05) is 5.32 Å². The first kappa shape index (κ1) is 23.9. The number of carbonyl (C=O) groups is 2. The predicted octanol–water partition coefficient (Wildman–Crippen LogP) is 5.84. The minimum absolute atomic E-state index is 0.0117. The minimum Gasteiger partial charge on any atom is -0.456 e. The fraction of sp³-hybridized carbons (Fsp3) is 0.143. The zero-order valence-electron chi connectivity index (χ0n) is 19.4. The van der Waals surface area contributed by atoms with Gasteiger partial charge in [-0.15, -0.1) is 11.3 Å². The number of esters is 1. The number of anilines is 1. The second-order valence-corrected chi connectivity index (χ2v) is 9.00. The molecular weight excluding hydrogens is 458 g/mol. The molecular formula is C28H23N3O3S. The largest absolute Gasteiger partial charge is 0.456 e. The molecule has 0 spiro atoms. The molecule has 1 amide bonds. The third-order valence-corrected chi connectivity index (χ3v) is 6.31. The molecule has 3 aromatic carbocycles. The van der Waals surface area contributed by atoms with Crippen molar-refractivity contribution in [3.8, 4) is 17.2 Å². The standard InChI is InChI=1S/C28H23N3O3S/c1-18-11-12-19(2)25(13-18)31-26(32)14-27-30-21(17-35-27)16-34-28(33)24-10-6-5-9-23(24)22-8-4-3-7-20(22)15-29/h3-13,17H,14,16H2,1-2H3,(H,31,32). The van der Waals surface area contributed by atoms with E-state index in [1.54, 1.807) is 41.8 Å². The van der Waals surface area contributed by atoms with Gasteiger partial charge in [-0.1, -0.05) is 48.5 Å². The van der Waals surface area contributed by atoms with Crippen LogP contribution in [0.2, 0.25) is 0 Å². The molecule has 4 aromatic rings. The van der Waals surface area contributed by atoms with E-state index in [2.05, 4.69) is 16.4 Å². The summed E-state index contributed by atoms with van der Waals surface area (Å²) < 4.78 is 5.51. The number of aromatic nitrogens is 1. The highest BCUT2D eigenvalue weighted by Crippen LogP contribution is 2.27. The van der Waals surface area contributed by atoms with E-state index < -0.39 is 5.97 Å². The van der Waals surface area contributed by atoms with Gasteiger partial charge in [-0.25, -0.2) is 9.78 Å². The van der Waals surface area contributed by atoms with Gasteiger partial charge in [0.2, 0.25) is 5.91 Å². The Hall–Kier alpha value is -4.28. The molecule has 0 saturated carbocycles. The molecule has 7 heteroatoms. The van der Waals surface area contributed by atoms with E-state index in [0.717, 1.165) is 16.8 Å². The van der Waals surface area contributed by atoms with Crippen molar-refractivity contribution in [2.24, 2.45) is 0 Å². The minimum atomic E-state index is -0.504. The van der Waals surface area contributed by atoms with Crippen molar-refractivity contribution in [3.05, 3.63) is 105 Å². The van der Waals surface area contributed by atoms with Gasteiger partial charge in [-0.2, -0.15) is 5.26 Å². The summed E-state index contributed by atoms with van der Waals surface area (Å²) in [6, 6.07) is 22.2. The van der Waals surface area contributed by atoms with E-state index in [0.29, 0.717) is 33.0 Å². The van der Waals surface area contributed by atoms with Crippen molar-refractivity contribution in [1.82, 2.24) is 4.98 Å². The number of hydrogen-bond donors (Lipinski definition) is 1. The number of ether oxygens (including phenoxy) is 1. The molecule has 4 rings (SSSR count). The molecule has 1 heterocycles. The van der Waals surface area contributed by atoms with E-state index in [4.69, 9.17) is 4.74 Å². The van der Waals surface area contributed by atoms with Crippen molar-refractivity contribution in [3.63, 3.8) is 0 Å². The number of nitrogens with one attached hydrogen (secondary N) is 1. The van der Waals surface area contributed by atoms with Gasteiger partial charge in [0, 0.05) is 16.6 Å². The lowest BCUT2D eigenvalue weighted by Crippen LogP contribution is -2.15. The second kappa shape index (κ2) is 10.8. The highest BCUT2D eigenvalue weighted by molar-refractivity contribution is 7.09. The number of hydrogen-bond acceptors (Lipinski definition) is 6. The average molecular weight is 482 g/mol. The lowest BCUT2D eigenvalue weighted by molar-refractivity contribution is -0.115. The molecule has 174 valence electrons. The van der Waals surface area contributed by atoms with Gasteiger partial charge in [0.15, 0.2) is 0 Å². The average Bonchev–Trinajstić information content (AvgIpc) is 3.31. The first-order valence-electron chi connectivity index (χ1n) is 11.0. The zero-order valence-corrected chi connectivity index (χ0v) is 20.2. The van der Waals surface area contributed by atoms with E-state index in [1.165, 1.54) is 11.3 Å². The number of carbonyl (C=O) groups excluding carboxylic acids is 2. The number of thiazole rings is 1. The summed E-state index contributed by atoms with van der Waals surface area (Å²) in [6.45, 7) is 3.91. The monoisotopic (exact) mass is 481 g/mol. The molecule has 0 fully saturated rings. The van der Waals surface area contributed by atoms with Gasteiger partial charge in [0.25, 0.3) is 0 Å². The van der Waals surface area contributed by atoms with E-state index in [1.807, 2.05) is 44.2 Å². The number of nitrogens with zero attached hydrogens (tertiary/aromatic N) is 2. The Morgan fingerprint density at radius 1 is 1.03 bits per heavy atom. The van der Waals surface area contributed by atoms with Crippen LogP contribution < -0.4 is 5.32 Å². The van der Waals surface area contributed by atoms with Gasteiger partial charge in [-0.3, -0.25) is 4.79 Å². The van der Waals surface area contributed by atoms with Crippen LogP contribution in [-0.2, 0) is 22.6 Å². The molecule has 6 nitrogen and oxygen atoms in total. The summed E-state index contributed by atoms with van der Waals surface area (Å²) in [4.78, 5) is 29.8.